The fraction of sp³-hybridized carbons (Fsp3) is 0.0833. The van der Waals surface area contributed by atoms with Crippen LogP contribution in [0.3, 0.4) is 0 Å². The van der Waals surface area contributed by atoms with Crippen molar-refractivity contribution in [3.8, 4) is 5.75 Å². The number of nitrogens with zero attached hydrogens (tertiary/aromatic N) is 1. The monoisotopic (exact) mass is 547 g/mol. The molecule has 32 heavy (non-hydrogen) atoms. The van der Waals surface area contributed by atoms with E-state index in [0.717, 1.165) is 32.3 Å². The molecule has 3 aromatic rings. The molecule has 0 N–H and O–H groups in total. The van der Waals surface area contributed by atoms with Gasteiger partial charge in [-0.15, -0.1) is 0 Å². The Kier molecular flexibility index (Phi) is 7.26. The molecule has 1 aliphatic rings. The van der Waals surface area contributed by atoms with E-state index in [0.29, 0.717) is 32.9 Å². The summed E-state index contributed by atoms with van der Waals surface area (Å²) in [5.41, 5.74) is 2.40. The summed E-state index contributed by atoms with van der Waals surface area (Å²) in [6.07, 6.45) is 1.69. The second-order valence-electron chi connectivity index (χ2n) is 6.95. The summed E-state index contributed by atoms with van der Waals surface area (Å²) >= 11 is 16.7. The zero-order valence-electron chi connectivity index (χ0n) is 16.6. The van der Waals surface area contributed by atoms with Crippen molar-refractivity contribution in [3.05, 3.63) is 103 Å². The Balaban J connectivity index is 1.42. The molecule has 1 saturated heterocycles. The topological polar surface area (TPSA) is 46.6 Å². The van der Waals surface area contributed by atoms with Gasteiger partial charge in [-0.2, -0.15) is 0 Å². The molecule has 4 nitrogen and oxygen atoms in total. The number of halogens is 3. The molecular weight excluding hydrogens is 533 g/mol. The van der Waals surface area contributed by atoms with Gasteiger partial charge in [0.05, 0.1) is 11.4 Å². The van der Waals surface area contributed by atoms with E-state index < -0.39 is 0 Å². The summed E-state index contributed by atoms with van der Waals surface area (Å²) < 4.78 is 6.82. The third-order valence-corrected chi connectivity index (χ3v) is 6.89. The molecular formula is C24H16BrCl2NO3S. The van der Waals surface area contributed by atoms with Crippen molar-refractivity contribution >= 4 is 68.1 Å². The number of carbonyl (C=O) groups excluding carboxylic acids is 2. The fourth-order valence-electron chi connectivity index (χ4n) is 3.04. The van der Waals surface area contributed by atoms with Crippen LogP contribution in [0.15, 0.2) is 76.1 Å². The molecule has 8 heteroatoms. The molecule has 0 saturated carbocycles. The molecule has 0 radical (unpaired) electrons. The molecule has 3 aromatic carbocycles. The van der Waals surface area contributed by atoms with Crippen molar-refractivity contribution in [1.82, 2.24) is 4.90 Å². The number of carbonyl (C=O) groups is 2. The highest BCUT2D eigenvalue weighted by Gasteiger charge is 2.35. The first-order valence-corrected chi connectivity index (χ1v) is 11.9. The molecule has 1 aliphatic heterocycles. The first kappa shape index (κ1) is 22.9. The van der Waals surface area contributed by atoms with E-state index in [1.807, 2.05) is 48.5 Å². The van der Waals surface area contributed by atoms with E-state index >= 15 is 0 Å². The largest absolute Gasteiger partial charge is 0.489 e. The van der Waals surface area contributed by atoms with Gasteiger partial charge in [-0.3, -0.25) is 14.5 Å². The minimum absolute atomic E-state index is 0.0311. The average molecular weight is 549 g/mol. The van der Waals surface area contributed by atoms with Gasteiger partial charge in [0.1, 0.15) is 12.4 Å². The summed E-state index contributed by atoms with van der Waals surface area (Å²) in [7, 11) is 0. The van der Waals surface area contributed by atoms with Crippen LogP contribution in [-0.4, -0.2) is 16.0 Å². The fourth-order valence-corrected chi connectivity index (χ4v) is 4.66. The summed E-state index contributed by atoms with van der Waals surface area (Å²) in [5.74, 6) is 0.345. The summed E-state index contributed by atoms with van der Waals surface area (Å²) in [4.78, 5) is 26.7. The zero-order chi connectivity index (χ0) is 22.7. The summed E-state index contributed by atoms with van der Waals surface area (Å²) in [5, 5.41) is 0.477. The maximum absolute atomic E-state index is 12.8. The second-order valence-corrected chi connectivity index (χ2v) is 9.68. The van der Waals surface area contributed by atoms with Crippen LogP contribution < -0.4 is 4.74 Å². The molecule has 0 aromatic heterocycles. The third kappa shape index (κ3) is 5.38. The highest BCUT2D eigenvalue weighted by molar-refractivity contribution is 9.10. The lowest BCUT2D eigenvalue weighted by Gasteiger charge is -2.14. The number of hydrogen-bond donors (Lipinski definition) is 0. The van der Waals surface area contributed by atoms with Crippen LogP contribution in [0.1, 0.15) is 16.7 Å². The Morgan fingerprint density at radius 3 is 2.25 bits per heavy atom. The molecule has 1 heterocycles. The molecule has 4 rings (SSSR count). The summed E-state index contributed by atoms with van der Waals surface area (Å²) in [6.45, 7) is 0.486. The molecule has 162 valence electrons. The van der Waals surface area contributed by atoms with Crippen molar-refractivity contribution in [3.63, 3.8) is 0 Å². The van der Waals surface area contributed by atoms with Gasteiger partial charge in [-0.25, -0.2) is 0 Å². The van der Waals surface area contributed by atoms with Crippen molar-refractivity contribution in [1.29, 1.82) is 0 Å². The van der Waals surface area contributed by atoms with Crippen LogP contribution in [0.25, 0.3) is 6.08 Å². The van der Waals surface area contributed by atoms with Gasteiger partial charge in [0.2, 0.25) is 0 Å². The molecule has 0 unspecified atom stereocenters. The van der Waals surface area contributed by atoms with Crippen LogP contribution in [0.4, 0.5) is 4.79 Å². The van der Waals surface area contributed by atoms with Crippen LogP contribution >= 0.6 is 50.9 Å². The Morgan fingerprint density at radius 2 is 1.59 bits per heavy atom. The van der Waals surface area contributed by atoms with Crippen molar-refractivity contribution < 1.29 is 14.3 Å². The molecule has 0 spiro atoms. The SMILES string of the molecule is O=C1S/C(=C\c2ccc(OCc3ccc(Br)cc3)cc2)C(=O)N1Cc1c(Cl)cccc1Cl. The Labute approximate surface area is 208 Å². The van der Waals surface area contributed by atoms with Crippen LogP contribution in [-0.2, 0) is 17.9 Å². The molecule has 0 aliphatic carbocycles. The Bertz CT molecular complexity index is 1180. The highest BCUT2D eigenvalue weighted by Crippen LogP contribution is 2.35. The maximum Gasteiger partial charge on any atom is 0.293 e. The first-order valence-electron chi connectivity index (χ1n) is 9.56. The lowest BCUT2D eigenvalue weighted by Crippen LogP contribution is -2.27. The first-order chi connectivity index (χ1) is 15.4. The standard InChI is InChI=1S/C24H16BrCl2NO3S/c25-17-8-4-16(5-9-17)14-31-18-10-6-15(7-11-18)12-22-23(29)28(24(30)32-22)13-19-20(26)2-1-3-21(19)27/h1-12H,13-14H2/b22-12-. The number of imide groups is 1. The smallest absolute Gasteiger partial charge is 0.293 e. The lowest BCUT2D eigenvalue weighted by atomic mass is 10.2. The van der Waals surface area contributed by atoms with E-state index in [-0.39, 0.29) is 17.7 Å². The molecule has 2 amide bonds. The molecule has 0 atom stereocenters. The predicted molar refractivity (Wildman–Crippen MR) is 133 cm³/mol. The highest BCUT2D eigenvalue weighted by atomic mass is 79.9. The number of rotatable bonds is 6. The van der Waals surface area contributed by atoms with Gasteiger partial charge in [0.15, 0.2) is 0 Å². The van der Waals surface area contributed by atoms with Gasteiger partial charge in [0, 0.05) is 20.1 Å². The minimum Gasteiger partial charge on any atom is -0.489 e. The Hall–Kier alpha value is -2.25. The number of thioether (sulfide) groups is 1. The Morgan fingerprint density at radius 1 is 0.938 bits per heavy atom. The van der Waals surface area contributed by atoms with E-state index in [2.05, 4.69) is 15.9 Å². The van der Waals surface area contributed by atoms with Gasteiger partial charge in [-0.1, -0.05) is 69.5 Å². The van der Waals surface area contributed by atoms with Crippen molar-refractivity contribution in [2.45, 2.75) is 13.2 Å². The predicted octanol–water partition coefficient (Wildman–Crippen LogP) is 7.57. The van der Waals surface area contributed by atoms with Gasteiger partial charge < -0.3 is 4.74 Å². The number of amides is 2. The minimum atomic E-state index is -0.369. The van der Waals surface area contributed by atoms with E-state index in [1.54, 1.807) is 24.3 Å². The van der Waals surface area contributed by atoms with E-state index in [1.165, 1.54) is 0 Å². The summed E-state index contributed by atoms with van der Waals surface area (Å²) in [6, 6.07) is 20.3. The van der Waals surface area contributed by atoms with E-state index in [4.69, 9.17) is 27.9 Å². The van der Waals surface area contributed by atoms with Crippen molar-refractivity contribution in [2.24, 2.45) is 0 Å². The second kappa shape index (κ2) is 10.1. The van der Waals surface area contributed by atoms with Gasteiger partial charge >= 0.3 is 0 Å². The average Bonchev–Trinajstić information content (AvgIpc) is 3.04. The number of benzene rings is 3. The number of hydrogen-bond acceptors (Lipinski definition) is 4. The lowest BCUT2D eigenvalue weighted by molar-refractivity contribution is -0.123. The van der Waals surface area contributed by atoms with Crippen molar-refractivity contribution in [2.75, 3.05) is 0 Å². The van der Waals surface area contributed by atoms with Gasteiger partial charge in [0.25, 0.3) is 11.1 Å². The van der Waals surface area contributed by atoms with Gasteiger partial charge in [-0.05, 0) is 65.4 Å². The van der Waals surface area contributed by atoms with Crippen LogP contribution in [0.5, 0.6) is 5.75 Å². The third-order valence-electron chi connectivity index (χ3n) is 4.75. The maximum atomic E-state index is 12.8. The molecule has 1 fully saturated rings. The van der Waals surface area contributed by atoms with Crippen LogP contribution in [0, 0.1) is 0 Å². The van der Waals surface area contributed by atoms with Crippen LogP contribution in [0.2, 0.25) is 10.0 Å². The zero-order valence-corrected chi connectivity index (χ0v) is 20.5. The molecule has 0 bridgehead atoms. The van der Waals surface area contributed by atoms with E-state index in [9.17, 15) is 9.59 Å². The normalized spacial score (nSPS) is 15.0. The number of ether oxygens (including phenoxy) is 1. The quantitative estimate of drug-likeness (QED) is 0.298.